The summed E-state index contributed by atoms with van der Waals surface area (Å²) in [4.78, 5) is 20.9. The van der Waals surface area contributed by atoms with Gasteiger partial charge in [0.2, 0.25) is 5.89 Å². The molecular weight excluding hydrogens is 304 g/mol. The lowest BCUT2D eigenvalue weighted by Crippen LogP contribution is -2.52. The van der Waals surface area contributed by atoms with Crippen LogP contribution in [0.25, 0.3) is 11.1 Å². The third kappa shape index (κ3) is 3.87. The molecule has 1 aromatic carbocycles. The minimum Gasteiger partial charge on any atom is -0.439 e. The molecule has 0 spiro atoms. The molecule has 0 aliphatic carbocycles. The Morgan fingerprint density at radius 3 is 2.79 bits per heavy atom. The highest BCUT2D eigenvalue weighted by Crippen LogP contribution is 2.18. The molecule has 3 rings (SSSR count). The highest BCUT2D eigenvalue weighted by atomic mass is 16.3. The summed E-state index contributed by atoms with van der Waals surface area (Å²) in [7, 11) is 0. The largest absolute Gasteiger partial charge is 0.439 e. The smallest absolute Gasteiger partial charge is 0.317 e. The molecule has 1 saturated heterocycles. The number of carbonyl (C=O) groups excluding carboxylic acids is 1. The van der Waals surface area contributed by atoms with E-state index >= 15 is 0 Å². The van der Waals surface area contributed by atoms with Crippen LogP contribution in [-0.2, 0) is 6.54 Å². The molecule has 0 bridgehead atoms. The number of carbonyl (C=O) groups is 1. The molecule has 0 saturated carbocycles. The van der Waals surface area contributed by atoms with Crippen LogP contribution in [0.5, 0.6) is 0 Å². The fourth-order valence-corrected chi connectivity index (χ4v) is 2.85. The van der Waals surface area contributed by atoms with Gasteiger partial charge in [0.05, 0.1) is 6.54 Å². The van der Waals surface area contributed by atoms with E-state index in [0.717, 1.165) is 49.6 Å². The standard InChI is InChI=1S/C18H26N4O2/c1-4-14(3)19-18(23)22-9-7-21(8-10-22)12-17-20-15-6-5-13(2)11-16(15)24-17/h5-6,11,14H,4,7-10,12H2,1-3H3,(H,19,23)/t14-/m0/s1. The number of rotatable bonds is 4. The van der Waals surface area contributed by atoms with E-state index in [1.54, 1.807) is 0 Å². The molecule has 6 nitrogen and oxygen atoms in total. The summed E-state index contributed by atoms with van der Waals surface area (Å²) in [5.74, 6) is 0.744. The first-order chi connectivity index (χ1) is 11.5. The molecular formula is C18H26N4O2. The van der Waals surface area contributed by atoms with Crippen LogP contribution in [0.3, 0.4) is 0 Å². The summed E-state index contributed by atoms with van der Waals surface area (Å²) in [5, 5.41) is 3.02. The van der Waals surface area contributed by atoms with Crippen molar-refractivity contribution in [2.45, 2.75) is 39.8 Å². The molecule has 6 heteroatoms. The molecule has 1 N–H and O–H groups in total. The maximum absolute atomic E-state index is 12.1. The number of aromatic nitrogens is 1. The van der Waals surface area contributed by atoms with Gasteiger partial charge in [-0.25, -0.2) is 9.78 Å². The highest BCUT2D eigenvalue weighted by molar-refractivity contribution is 5.74. The Bertz CT molecular complexity index is 704. The second-order valence-electron chi connectivity index (χ2n) is 6.60. The minimum absolute atomic E-state index is 0.0429. The second kappa shape index (κ2) is 7.21. The molecule has 2 heterocycles. The van der Waals surface area contributed by atoms with E-state index < -0.39 is 0 Å². The van der Waals surface area contributed by atoms with Gasteiger partial charge >= 0.3 is 6.03 Å². The van der Waals surface area contributed by atoms with Crippen molar-refractivity contribution in [3.63, 3.8) is 0 Å². The summed E-state index contributed by atoms with van der Waals surface area (Å²) in [6.45, 7) is 9.99. The van der Waals surface area contributed by atoms with E-state index in [4.69, 9.17) is 4.42 Å². The van der Waals surface area contributed by atoms with Crippen molar-refractivity contribution < 1.29 is 9.21 Å². The Morgan fingerprint density at radius 2 is 2.08 bits per heavy atom. The Morgan fingerprint density at radius 1 is 1.33 bits per heavy atom. The fourth-order valence-electron chi connectivity index (χ4n) is 2.85. The third-order valence-corrected chi connectivity index (χ3v) is 4.59. The summed E-state index contributed by atoms with van der Waals surface area (Å²) in [6, 6.07) is 6.32. The number of urea groups is 1. The van der Waals surface area contributed by atoms with Gasteiger partial charge in [0.15, 0.2) is 5.58 Å². The van der Waals surface area contributed by atoms with Crippen molar-refractivity contribution in [1.82, 2.24) is 20.1 Å². The van der Waals surface area contributed by atoms with Crippen molar-refractivity contribution >= 4 is 17.1 Å². The van der Waals surface area contributed by atoms with Crippen molar-refractivity contribution in [3.8, 4) is 0 Å². The predicted octanol–water partition coefficient (Wildman–Crippen LogP) is 2.76. The lowest BCUT2D eigenvalue weighted by atomic mass is 10.2. The van der Waals surface area contributed by atoms with E-state index in [-0.39, 0.29) is 12.1 Å². The molecule has 130 valence electrons. The number of amides is 2. The second-order valence-corrected chi connectivity index (χ2v) is 6.60. The van der Waals surface area contributed by atoms with Crippen molar-refractivity contribution in [1.29, 1.82) is 0 Å². The van der Waals surface area contributed by atoms with Gasteiger partial charge in [-0.15, -0.1) is 0 Å². The first-order valence-corrected chi connectivity index (χ1v) is 8.69. The van der Waals surface area contributed by atoms with Crippen LogP contribution in [0.4, 0.5) is 4.79 Å². The van der Waals surface area contributed by atoms with E-state index in [1.807, 2.05) is 36.9 Å². The Kier molecular flexibility index (Phi) is 5.04. The van der Waals surface area contributed by atoms with Gasteiger partial charge in [0.25, 0.3) is 0 Å². The Balaban J connectivity index is 1.54. The van der Waals surface area contributed by atoms with Crippen LogP contribution >= 0.6 is 0 Å². The van der Waals surface area contributed by atoms with E-state index in [9.17, 15) is 4.79 Å². The maximum atomic E-state index is 12.1. The predicted molar refractivity (Wildman–Crippen MR) is 93.9 cm³/mol. The van der Waals surface area contributed by atoms with E-state index in [1.165, 1.54) is 5.56 Å². The van der Waals surface area contributed by atoms with E-state index in [0.29, 0.717) is 6.54 Å². The first kappa shape index (κ1) is 16.8. The third-order valence-electron chi connectivity index (χ3n) is 4.59. The Labute approximate surface area is 142 Å². The molecule has 24 heavy (non-hydrogen) atoms. The van der Waals surface area contributed by atoms with Crippen molar-refractivity contribution in [3.05, 3.63) is 29.7 Å². The number of nitrogens with zero attached hydrogens (tertiary/aromatic N) is 3. The molecule has 1 atom stereocenters. The normalized spacial score (nSPS) is 17.2. The summed E-state index contributed by atoms with van der Waals surface area (Å²) >= 11 is 0. The van der Waals surface area contributed by atoms with Gasteiger partial charge < -0.3 is 14.6 Å². The van der Waals surface area contributed by atoms with Crippen LogP contribution in [0.1, 0.15) is 31.7 Å². The first-order valence-electron chi connectivity index (χ1n) is 8.69. The van der Waals surface area contributed by atoms with Gasteiger partial charge in [-0.05, 0) is 38.0 Å². The topological polar surface area (TPSA) is 61.6 Å². The van der Waals surface area contributed by atoms with Crippen LogP contribution < -0.4 is 5.32 Å². The van der Waals surface area contributed by atoms with Gasteiger partial charge in [0, 0.05) is 32.2 Å². The molecule has 1 aliphatic heterocycles. The zero-order valence-corrected chi connectivity index (χ0v) is 14.7. The van der Waals surface area contributed by atoms with Crippen molar-refractivity contribution in [2.75, 3.05) is 26.2 Å². The highest BCUT2D eigenvalue weighted by Gasteiger charge is 2.22. The minimum atomic E-state index is 0.0429. The number of aryl methyl sites for hydroxylation is 1. The fraction of sp³-hybridized carbons (Fsp3) is 0.556. The number of benzene rings is 1. The monoisotopic (exact) mass is 330 g/mol. The van der Waals surface area contributed by atoms with Crippen LogP contribution in [0, 0.1) is 6.92 Å². The average molecular weight is 330 g/mol. The Hall–Kier alpha value is -2.08. The number of hydrogen-bond acceptors (Lipinski definition) is 4. The van der Waals surface area contributed by atoms with Crippen LogP contribution in [0.15, 0.2) is 22.6 Å². The van der Waals surface area contributed by atoms with Crippen molar-refractivity contribution in [2.24, 2.45) is 0 Å². The van der Waals surface area contributed by atoms with Crippen LogP contribution in [0.2, 0.25) is 0 Å². The van der Waals surface area contributed by atoms with Gasteiger partial charge in [0.1, 0.15) is 5.52 Å². The summed E-state index contributed by atoms with van der Waals surface area (Å²) < 4.78 is 5.85. The molecule has 1 aromatic heterocycles. The summed E-state index contributed by atoms with van der Waals surface area (Å²) in [6.07, 6.45) is 0.947. The van der Waals surface area contributed by atoms with Crippen LogP contribution in [-0.4, -0.2) is 53.0 Å². The van der Waals surface area contributed by atoms with Gasteiger partial charge in [-0.1, -0.05) is 13.0 Å². The SMILES string of the molecule is CC[C@H](C)NC(=O)N1CCN(Cc2nc3ccc(C)cc3o2)CC1. The molecule has 1 aliphatic rings. The number of hydrogen-bond donors (Lipinski definition) is 1. The molecule has 0 radical (unpaired) electrons. The lowest BCUT2D eigenvalue weighted by molar-refractivity contribution is 0.128. The lowest BCUT2D eigenvalue weighted by Gasteiger charge is -2.34. The number of oxazole rings is 1. The zero-order chi connectivity index (χ0) is 17.1. The average Bonchev–Trinajstić information content (AvgIpc) is 2.96. The molecule has 1 fully saturated rings. The zero-order valence-electron chi connectivity index (χ0n) is 14.7. The van der Waals surface area contributed by atoms with E-state index in [2.05, 4.69) is 22.1 Å². The summed E-state index contributed by atoms with van der Waals surface area (Å²) in [5.41, 5.74) is 2.92. The van der Waals surface area contributed by atoms with Gasteiger partial charge in [-0.2, -0.15) is 0 Å². The number of nitrogens with one attached hydrogen (secondary N) is 1. The number of fused-ring (bicyclic) bond motifs is 1. The van der Waals surface area contributed by atoms with Gasteiger partial charge in [-0.3, -0.25) is 4.90 Å². The quantitative estimate of drug-likeness (QED) is 0.936. The molecule has 2 amide bonds. The number of piperazine rings is 1. The molecule has 2 aromatic rings. The molecule has 0 unspecified atom stereocenters. The maximum Gasteiger partial charge on any atom is 0.317 e.